The van der Waals surface area contributed by atoms with E-state index in [4.69, 9.17) is 23.7 Å². The van der Waals surface area contributed by atoms with Crippen molar-refractivity contribution in [2.45, 2.75) is 118 Å². The van der Waals surface area contributed by atoms with Crippen molar-refractivity contribution in [2.24, 2.45) is 0 Å². The van der Waals surface area contributed by atoms with Crippen molar-refractivity contribution in [3.63, 3.8) is 0 Å². The highest BCUT2D eigenvalue weighted by Gasteiger charge is 2.28. The summed E-state index contributed by atoms with van der Waals surface area (Å²) in [7, 11) is 0. The minimum atomic E-state index is -1.39. The van der Waals surface area contributed by atoms with Gasteiger partial charge in [-0.05, 0) is 131 Å². The normalized spacial score (nSPS) is 12.0. The topological polar surface area (TPSA) is 238 Å². The number of amides is 6. The van der Waals surface area contributed by atoms with Crippen LogP contribution >= 0.6 is 0 Å². The van der Waals surface area contributed by atoms with Gasteiger partial charge in [0.15, 0.2) is 0 Å². The van der Waals surface area contributed by atoms with Gasteiger partial charge in [0.2, 0.25) is 11.8 Å². The number of hydrogen-bond acceptors (Lipinski definition) is 12. The zero-order chi connectivity index (χ0) is 45.5. The number of rotatable bonds is 15. The van der Waals surface area contributed by atoms with Crippen LogP contribution in [-0.2, 0) is 33.3 Å². The second-order valence-electron chi connectivity index (χ2n) is 17.3. The Morgan fingerprint density at radius 1 is 0.650 bits per heavy atom. The van der Waals surface area contributed by atoms with E-state index in [0.29, 0.717) is 17.0 Å². The maximum absolute atomic E-state index is 13.4. The highest BCUT2D eigenvalue weighted by atomic mass is 16.6. The van der Waals surface area contributed by atoms with Gasteiger partial charge in [0, 0.05) is 11.3 Å². The predicted octanol–water partition coefficient (Wildman–Crippen LogP) is 5.52. The van der Waals surface area contributed by atoms with Gasteiger partial charge >= 0.3 is 24.2 Å². The molecule has 0 unspecified atom stereocenters. The second-order valence-corrected chi connectivity index (χ2v) is 17.3. The number of esters is 1. The van der Waals surface area contributed by atoms with Gasteiger partial charge in [0.05, 0.1) is 19.5 Å². The van der Waals surface area contributed by atoms with Crippen molar-refractivity contribution in [3.8, 4) is 5.75 Å². The van der Waals surface area contributed by atoms with Gasteiger partial charge in [-0.2, -0.15) is 0 Å². The number of carbonyl (C=O) groups excluding carboxylic acids is 7. The average molecular weight is 841 g/mol. The van der Waals surface area contributed by atoms with Gasteiger partial charge in [-0.15, -0.1) is 0 Å². The summed E-state index contributed by atoms with van der Waals surface area (Å²) in [5.41, 5.74) is -2.35. The van der Waals surface area contributed by atoms with E-state index in [-0.39, 0.29) is 24.5 Å². The molecule has 0 aliphatic heterocycles. The Labute approximate surface area is 351 Å². The molecule has 2 aromatic rings. The first-order valence-electron chi connectivity index (χ1n) is 19.2. The molecule has 0 saturated carbocycles. The van der Waals surface area contributed by atoms with Gasteiger partial charge < -0.3 is 45.0 Å². The highest BCUT2D eigenvalue weighted by molar-refractivity contribution is 6.01. The zero-order valence-electron chi connectivity index (χ0n) is 36.5. The van der Waals surface area contributed by atoms with Crippen LogP contribution in [0.4, 0.5) is 20.1 Å². The summed E-state index contributed by atoms with van der Waals surface area (Å²) in [6.45, 7) is 20.0. The smallest absolute Gasteiger partial charge is 0.413 e. The molecular formula is C42H60N6O12. The van der Waals surface area contributed by atoms with E-state index in [0.717, 1.165) is 0 Å². The minimum absolute atomic E-state index is 0.0984. The number of benzene rings is 2. The molecule has 0 saturated heterocycles. The molecule has 18 nitrogen and oxygen atoms in total. The fraction of sp³-hybridized carbons (Fsp3) is 0.500. The first-order chi connectivity index (χ1) is 27.6. The van der Waals surface area contributed by atoms with Crippen molar-refractivity contribution in [1.82, 2.24) is 26.6 Å². The summed E-state index contributed by atoms with van der Waals surface area (Å²) < 4.78 is 26.8. The Hall–Kier alpha value is -6.33. The standard InChI is InChI=1S/C42H60N6O12/c1-39(2,3)57-33(50)24-30(35(52)45-28-16-18-29(19-17-28)56-21-20-43-36(53)58-40(4,5)6)46-32(49)25-44-34(51)27-15-13-14-26(22-27)23-31(47-37(54)59-41(7,8)9)48-38(55)60-42(10,11)12/h13-19,22-23,30H,20-21,24-25H2,1-12H3,(H,43,53)(H,44,51)(H,45,52)(H,46,49)(H,47,54)(H,48,55)/t30-/m0/s1. The monoisotopic (exact) mass is 840 g/mol. The maximum atomic E-state index is 13.4. The maximum Gasteiger partial charge on any atom is 0.413 e. The van der Waals surface area contributed by atoms with Crippen LogP contribution in [0.3, 0.4) is 0 Å². The van der Waals surface area contributed by atoms with E-state index in [9.17, 15) is 33.6 Å². The van der Waals surface area contributed by atoms with Gasteiger partial charge in [0.1, 0.15) is 46.6 Å². The van der Waals surface area contributed by atoms with Crippen LogP contribution in [0.5, 0.6) is 5.75 Å². The van der Waals surface area contributed by atoms with Crippen LogP contribution in [0.15, 0.2) is 54.4 Å². The van der Waals surface area contributed by atoms with E-state index in [1.807, 2.05) is 0 Å². The zero-order valence-corrected chi connectivity index (χ0v) is 36.5. The molecule has 0 heterocycles. The lowest BCUT2D eigenvalue weighted by Gasteiger charge is -2.23. The van der Waals surface area contributed by atoms with E-state index < -0.39 is 83.4 Å². The van der Waals surface area contributed by atoms with E-state index >= 15 is 0 Å². The Morgan fingerprint density at radius 2 is 1.18 bits per heavy atom. The fourth-order valence-electron chi connectivity index (χ4n) is 4.63. The van der Waals surface area contributed by atoms with Crippen LogP contribution in [0.2, 0.25) is 0 Å². The Balaban J connectivity index is 2.12. The lowest BCUT2D eigenvalue weighted by molar-refractivity contribution is -0.156. The molecule has 0 radical (unpaired) electrons. The summed E-state index contributed by atoms with van der Waals surface area (Å²) in [5.74, 6) is -2.58. The lowest BCUT2D eigenvalue weighted by Crippen LogP contribution is -2.48. The highest BCUT2D eigenvalue weighted by Crippen LogP contribution is 2.17. The van der Waals surface area contributed by atoms with E-state index in [1.165, 1.54) is 18.2 Å². The molecule has 330 valence electrons. The first kappa shape index (κ1) is 49.8. The van der Waals surface area contributed by atoms with Crippen LogP contribution in [0.1, 0.15) is 105 Å². The molecule has 0 aromatic heterocycles. The number of anilines is 1. The van der Waals surface area contributed by atoms with Crippen LogP contribution in [0, 0.1) is 0 Å². The molecule has 6 amide bonds. The van der Waals surface area contributed by atoms with Crippen molar-refractivity contribution < 1.29 is 57.2 Å². The molecule has 2 rings (SSSR count). The quantitative estimate of drug-likeness (QED) is 0.0739. The minimum Gasteiger partial charge on any atom is -0.492 e. The Bertz CT molecular complexity index is 1840. The molecule has 1 atom stereocenters. The molecule has 0 aliphatic carbocycles. The van der Waals surface area contributed by atoms with Crippen LogP contribution in [0.25, 0.3) is 6.08 Å². The van der Waals surface area contributed by atoms with Gasteiger partial charge in [-0.25, -0.2) is 14.4 Å². The number of hydrogen-bond donors (Lipinski definition) is 6. The van der Waals surface area contributed by atoms with Gasteiger partial charge in [0.25, 0.3) is 5.91 Å². The third-order valence-electron chi connectivity index (χ3n) is 6.74. The van der Waals surface area contributed by atoms with Gasteiger partial charge in [-0.3, -0.25) is 29.8 Å². The largest absolute Gasteiger partial charge is 0.492 e. The summed E-state index contributed by atoms with van der Waals surface area (Å²) >= 11 is 0. The van der Waals surface area contributed by atoms with Crippen molar-refractivity contribution in [1.29, 1.82) is 0 Å². The summed E-state index contributed by atoms with van der Waals surface area (Å²) in [4.78, 5) is 89.3. The second kappa shape index (κ2) is 21.6. The third kappa shape index (κ3) is 22.0. The van der Waals surface area contributed by atoms with Crippen molar-refractivity contribution in [3.05, 3.63) is 65.5 Å². The number of alkyl carbamates (subject to hydrolysis) is 3. The molecule has 6 N–H and O–H groups in total. The molecule has 0 fully saturated rings. The number of nitrogens with one attached hydrogen (secondary N) is 6. The molecule has 60 heavy (non-hydrogen) atoms. The predicted molar refractivity (Wildman–Crippen MR) is 223 cm³/mol. The van der Waals surface area contributed by atoms with Gasteiger partial charge in [-0.1, -0.05) is 12.1 Å². The molecule has 0 bridgehead atoms. The molecule has 18 heteroatoms. The SMILES string of the molecule is CC(C)(C)OC(=O)C[C@H](NC(=O)CNC(=O)c1cccc(C=C(NC(=O)OC(C)(C)C)NC(=O)OC(C)(C)C)c1)C(=O)Nc1ccc(OCCNC(=O)OC(C)(C)C)cc1. The average Bonchev–Trinajstić information content (AvgIpc) is 3.06. The van der Waals surface area contributed by atoms with Crippen LogP contribution in [-0.4, -0.2) is 90.1 Å². The molecule has 0 aliphatic rings. The summed E-state index contributed by atoms with van der Waals surface area (Å²) in [5, 5.41) is 15.1. The Kier molecular flexibility index (Phi) is 17.9. The van der Waals surface area contributed by atoms with E-state index in [1.54, 1.807) is 119 Å². The van der Waals surface area contributed by atoms with Crippen molar-refractivity contribution >= 4 is 53.7 Å². The Morgan fingerprint density at radius 3 is 1.72 bits per heavy atom. The first-order valence-corrected chi connectivity index (χ1v) is 19.2. The van der Waals surface area contributed by atoms with E-state index in [2.05, 4.69) is 31.9 Å². The summed E-state index contributed by atoms with van der Waals surface area (Å²) in [6, 6.07) is 10.9. The van der Waals surface area contributed by atoms with Crippen molar-refractivity contribution in [2.75, 3.05) is 25.0 Å². The molecule has 0 spiro atoms. The fourth-order valence-corrected chi connectivity index (χ4v) is 4.63. The van der Waals surface area contributed by atoms with Crippen LogP contribution < -0.4 is 36.6 Å². The third-order valence-corrected chi connectivity index (χ3v) is 6.74. The summed E-state index contributed by atoms with van der Waals surface area (Å²) in [6.07, 6.45) is -1.41. The molecular weight excluding hydrogens is 780 g/mol. The lowest BCUT2D eigenvalue weighted by atomic mass is 10.1. The number of carbonyl (C=O) groups is 7. The molecule has 2 aromatic carbocycles. The number of ether oxygens (including phenoxy) is 5.